The first-order valence-electron chi connectivity index (χ1n) is 1.81. The van der Waals surface area contributed by atoms with Crippen LogP contribution < -0.4 is 10.3 Å². The first kappa shape index (κ1) is 4.02. The van der Waals surface area contributed by atoms with Crippen molar-refractivity contribution in [2.75, 3.05) is 0 Å². The fourth-order valence-electron chi connectivity index (χ4n) is 0.312. The molecule has 0 atom stereocenters. The maximum absolute atomic E-state index is 2.95. The molecule has 0 spiro atoms. The minimum atomic E-state index is 1.33. The van der Waals surface area contributed by atoms with Gasteiger partial charge >= 0.3 is 0 Å². The molecule has 0 aromatic rings. The van der Waals surface area contributed by atoms with Gasteiger partial charge in [-0.2, -0.15) is 4.83 Å². The molecule has 0 fully saturated rings. The standard InChI is InChI=1S/C3H6N2S/c1-3-2-4-5-6-3/h2,4-5H,1H3/p+1. The van der Waals surface area contributed by atoms with Crippen LogP contribution in [0.4, 0.5) is 0 Å². The Labute approximate surface area is 41.1 Å². The van der Waals surface area contributed by atoms with Crippen molar-refractivity contribution < 1.29 is 4.83 Å². The van der Waals surface area contributed by atoms with E-state index < -0.39 is 0 Å². The zero-order chi connectivity index (χ0) is 4.41. The summed E-state index contributed by atoms with van der Waals surface area (Å²) >= 11 is 1.72. The lowest BCUT2D eigenvalue weighted by Crippen LogP contribution is -2.81. The third-order valence-electron chi connectivity index (χ3n) is 0.599. The first-order chi connectivity index (χ1) is 2.89. The van der Waals surface area contributed by atoms with Gasteiger partial charge in [0.2, 0.25) is 0 Å². The molecule has 0 aromatic carbocycles. The Hall–Kier alpha value is -0.150. The van der Waals surface area contributed by atoms with E-state index in [9.17, 15) is 0 Å². The quantitative estimate of drug-likeness (QED) is 0.322. The molecule has 0 aliphatic carbocycles. The molecule has 1 aliphatic rings. The highest BCUT2D eigenvalue weighted by Gasteiger charge is 1.99. The predicted molar refractivity (Wildman–Crippen MR) is 26.4 cm³/mol. The highest BCUT2D eigenvalue weighted by atomic mass is 32.2. The summed E-state index contributed by atoms with van der Waals surface area (Å²) in [5.41, 5.74) is 2.95. The van der Waals surface area contributed by atoms with Crippen LogP contribution in [0.3, 0.4) is 0 Å². The summed E-state index contributed by atoms with van der Waals surface area (Å²) < 4.78 is 0. The topological polar surface area (TPSA) is 28.6 Å². The molecule has 2 nitrogen and oxygen atoms in total. The molecule has 0 aromatic heterocycles. The normalized spacial score (nSPS) is 19.8. The van der Waals surface area contributed by atoms with Crippen LogP contribution in [0.5, 0.6) is 0 Å². The second kappa shape index (κ2) is 1.53. The molecule has 1 aliphatic heterocycles. The SMILES string of the molecule is CC1=CN[NH2+]S1. The molecule has 0 bridgehead atoms. The van der Waals surface area contributed by atoms with Crippen molar-refractivity contribution in [3.8, 4) is 0 Å². The highest BCUT2D eigenvalue weighted by molar-refractivity contribution is 7.96. The van der Waals surface area contributed by atoms with Gasteiger partial charge in [-0.1, -0.05) is 0 Å². The first-order valence-corrected chi connectivity index (χ1v) is 2.69. The van der Waals surface area contributed by atoms with E-state index >= 15 is 0 Å². The zero-order valence-corrected chi connectivity index (χ0v) is 4.38. The van der Waals surface area contributed by atoms with Gasteiger partial charge in [0, 0.05) is 0 Å². The van der Waals surface area contributed by atoms with Gasteiger partial charge in [-0.25, -0.2) is 5.43 Å². The molecule has 3 N–H and O–H groups in total. The molecule has 3 heteroatoms. The van der Waals surface area contributed by atoms with Crippen LogP contribution in [0.1, 0.15) is 6.92 Å². The van der Waals surface area contributed by atoms with Gasteiger partial charge in [-0.15, -0.1) is 0 Å². The third kappa shape index (κ3) is 0.666. The van der Waals surface area contributed by atoms with Gasteiger partial charge in [0.15, 0.2) is 0 Å². The van der Waals surface area contributed by atoms with E-state index in [0.717, 1.165) is 0 Å². The van der Waals surface area contributed by atoms with Crippen LogP contribution in [-0.2, 0) is 0 Å². The molecular weight excluding hydrogens is 96.1 g/mol. The van der Waals surface area contributed by atoms with Gasteiger partial charge < -0.3 is 0 Å². The van der Waals surface area contributed by atoms with Gasteiger partial charge in [0.05, 0.1) is 11.1 Å². The maximum atomic E-state index is 2.95. The monoisotopic (exact) mass is 103 g/mol. The molecule has 34 valence electrons. The minimum Gasteiger partial charge on any atom is -0.234 e. The van der Waals surface area contributed by atoms with Crippen molar-refractivity contribution in [2.24, 2.45) is 0 Å². The van der Waals surface area contributed by atoms with E-state index in [1.54, 1.807) is 11.9 Å². The Morgan fingerprint density at radius 2 is 2.83 bits per heavy atom. The molecule has 0 saturated heterocycles. The van der Waals surface area contributed by atoms with Crippen molar-refractivity contribution in [1.82, 2.24) is 5.43 Å². The number of nitrogens with two attached hydrogens (primary N) is 1. The number of quaternary nitrogens is 1. The summed E-state index contributed by atoms with van der Waals surface area (Å²) in [4.78, 5) is 3.28. The number of rotatable bonds is 0. The van der Waals surface area contributed by atoms with E-state index in [1.807, 2.05) is 11.0 Å². The van der Waals surface area contributed by atoms with Crippen molar-refractivity contribution in [1.29, 1.82) is 0 Å². The molecule has 1 heterocycles. The molecule has 0 saturated carbocycles. The van der Waals surface area contributed by atoms with Gasteiger partial charge in [-0.05, 0) is 6.92 Å². The molecule has 1 rings (SSSR count). The second-order valence-corrected chi connectivity index (χ2v) is 2.27. The average Bonchev–Trinajstić information content (AvgIpc) is 1.86. The Bertz CT molecular complexity index is 78.9. The van der Waals surface area contributed by atoms with Gasteiger partial charge in [0.1, 0.15) is 11.9 Å². The van der Waals surface area contributed by atoms with E-state index in [-0.39, 0.29) is 0 Å². The lowest BCUT2D eigenvalue weighted by Gasteiger charge is -1.77. The number of hydrogen-bond acceptors (Lipinski definition) is 2. The van der Waals surface area contributed by atoms with E-state index in [2.05, 4.69) is 12.3 Å². The largest absolute Gasteiger partial charge is 0.234 e. The lowest BCUT2D eigenvalue weighted by molar-refractivity contribution is -0.531. The van der Waals surface area contributed by atoms with Gasteiger partial charge in [0.25, 0.3) is 0 Å². The summed E-state index contributed by atoms with van der Waals surface area (Å²) in [6.07, 6.45) is 1.98. The van der Waals surface area contributed by atoms with Crippen LogP contribution in [0.2, 0.25) is 0 Å². The minimum absolute atomic E-state index is 1.33. The predicted octanol–water partition coefficient (Wildman–Crippen LogP) is -0.422. The van der Waals surface area contributed by atoms with Crippen LogP contribution in [-0.4, -0.2) is 0 Å². The van der Waals surface area contributed by atoms with Crippen LogP contribution >= 0.6 is 11.9 Å². The number of hydrogen-bond donors (Lipinski definition) is 2. The molecule has 0 radical (unpaired) electrons. The molecule has 0 unspecified atom stereocenters. The number of allylic oxidation sites excluding steroid dienone is 1. The van der Waals surface area contributed by atoms with E-state index in [0.29, 0.717) is 0 Å². The van der Waals surface area contributed by atoms with Crippen LogP contribution in [0.15, 0.2) is 11.1 Å². The summed E-state index contributed by atoms with van der Waals surface area (Å²) in [6.45, 7) is 2.07. The summed E-state index contributed by atoms with van der Waals surface area (Å²) in [5, 5.41) is 0. The number of nitrogens with one attached hydrogen (secondary N) is 1. The smallest absolute Gasteiger partial charge is 0.132 e. The average molecular weight is 103 g/mol. The van der Waals surface area contributed by atoms with Crippen LogP contribution in [0.25, 0.3) is 0 Å². The molecular formula is C3H7N2S+. The molecule has 6 heavy (non-hydrogen) atoms. The van der Waals surface area contributed by atoms with Gasteiger partial charge in [-0.3, -0.25) is 0 Å². The van der Waals surface area contributed by atoms with Crippen molar-refractivity contribution in [3.63, 3.8) is 0 Å². The van der Waals surface area contributed by atoms with E-state index in [4.69, 9.17) is 0 Å². The third-order valence-corrected chi connectivity index (χ3v) is 1.34. The molecule has 0 amide bonds. The van der Waals surface area contributed by atoms with Crippen molar-refractivity contribution in [3.05, 3.63) is 11.1 Å². The highest BCUT2D eigenvalue weighted by Crippen LogP contribution is 2.03. The maximum Gasteiger partial charge on any atom is 0.132 e. The summed E-state index contributed by atoms with van der Waals surface area (Å²) in [6, 6.07) is 0. The second-order valence-electron chi connectivity index (χ2n) is 1.16. The Morgan fingerprint density at radius 3 is 3.00 bits per heavy atom. The van der Waals surface area contributed by atoms with Crippen molar-refractivity contribution in [2.45, 2.75) is 6.92 Å². The lowest BCUT2D eigenvalue weighted by atomic mass is 10.7. The Balaban J connectivity index is 2.45. The summed E-state index contributed by atoms with van der Waals surface area (Å²) in [5.74, 6) is 0. The van der Waals surface area contributed by atoms with E-state index in [1.165, 1.54) is 4.91 Å². The fraction of sp³-hybridized carbons (Fsp3) is 0.333. The van der Waals surface area contributed by atoms with Crippen molar-refractivity contribution >= 4 is 11.9 Å². The Kier molecular flexibility index (Phi) is 1.03. The fourth-order valence-corrected chi connectivity index (χ4v) is 0.770. The zero-order valence-electron chi connectivity index (χ0n) is 3.56. The van der Waals surface area contributed by atoms with Crippen LogP contribution in [0, 0.1) is 0 Å². The summed E-state index contributed by atoms with van der Waals surface area (Å²) in [7, 11) is 0. The Morgan fingerprint density at radius 1 is 2.00 bits per heavy atom.